The third-order valence-electron chi connectivity index (χ3n) is 2.15. The average molecular weight is 248 g/mol. The fraction of sp³-hybridized carbons (Fsp3) is 0.545. The number of alkyl halides is 3. The average Bonchev–Trinajstić information content (AvgIpc) is 2.25. The van der Waals surface area contributed by atoms with Crippen molar-refractivity contribution in [2.45, 2.75) is 25.1 Å². The molecule has 1 heterocycles. The Morgan fingerprint density at radius 3 is 2.53 bits per heavy atom. The maximum Gasteiger partial charge on any atom is 0.411 e. The summed E-state index contributed by atoms with van der Waals surface area (Å²) in [6.45, 7) is -1.19. The summed E-state index contributed by atoms with van der Waals surface area (Å²) in [5, 5.41) is 0. The minimum atomic E-state index is -4.27. The van der Waals surface area contributed by atoms with Crippen LogP contribution in [0.15, 0.2) is 24.5 Å². The first-order valence-electron chi connectivity index (χ1n) is 5.26. The van der Waals surface area contributed by atoms with Crippen molar-refractivity contribution < 1.29 is 17.9 Å². The van der Waals surface area contributed by atoms with Gasteiger partial charge in [0.25, 0.3) is 0 Å². The van der Waals surface area contributed by atoms with E-state index in [9.17, 15) is 13.2 Å². The van der Waals surface area contributed by atoms with Gasteiger partial charge in [0.05, 0.1) is 0 Å². The summed E-state index contributed by atoms with van der Waals surface area (Å²) in [7, 11) is 0. The highest BCUT2D eigenvalue weighted by atomic mass is 19.4. The Morgan fingerprint density at radius 1 is 1.29 bits per heavy atom. The standard InChI is InChI=1S/C11H15F3N2O/c12-11(13,14)8-17-6-3-10(15)7-9-1-4-16-5-2-9/h1-2,4-5,10H,3,6-8,15H2. The number of hydrogen-bond acceptors (Lipinski definition) is 3. The lowest BCUT2D eigenvalue weighted by molar-refractivity contribution is -0.174. The van der Waals surface area contributed by atoms with Crippen LogP contribution in [-0.2, 0) is 11.2 Å². The molecule has 1 unspecified atom stereocenters. The summed E-state index contributed by atoms with van der Waals surface area (Å²) in [5.74, 6) is 0. The Hall–Kier alpha value is -1.14. The number of nitrogens with two attached hydrogens (primary N) is 1. The third-order valence-corrected chi connectivity index (χ3v) is 2.15. The van der Waals surface area contributed by atoms with Crippen LogP contribution in [0.1, 0.15) is 12.0 Å². The quantitative estimate of drug-likeness (QED) is 0.782. The van der Waals surface area contributed by atoms with Crippen molar-refractivity contribution >= 4 is 0 Å². The van der Waals surface area contributed by atoms with Crippen LogP contribution in [-0.4, -0.2) is 30.4 Å². The SMILES string of the molecule is NC(CCOCC(F)(F)F)Cc1ccncc1. The molecule has 17 heavy (non-hydrogen) atoms. The van der Waals surface area contributed by atoms with Crippen LogP contribution in [0.2, 0.25) is 0 Å². The van der Waals surface area contributed by atoms with Crippen LogP contribution in [0.4, 0.5) is 13.2 Å². The molecule has 0 fully saturated rings. The number of hydrogen-bond donors (Lipinski definition) is 1. The van der Waals surface area contributed by atoms with Gasteiger partial charge in [-0.05, 0) is 30.5 Å². The zero-order valence-electron chi connectivity index (χ0n) is 9.28. The molecule has 0 aromatic carbocycles. The zero-order valence-corrected chi connectivity index (χ0v) is 9.28. The highest BCUT2D eigenvalue weighted by molar-refractivity contribution is 5.10. The van der Waals surface area contributed by atoms with Gasteiger partial charge in [0.15, 0.2) is 0 Å². The van der Waals surface area contributed by atoms with Gasteiger partial charge in [0.2, 0.25) is 0 Å². The van der Waals surface area contributed by atoms with Gasteiger partial charge in [-0.3, -0.25) is 4.98 Å². The Bertz CT molecular complexity index is 316. The molecule has 1 aromatic heterocycles. The fourth-order valence-corrected chi connectivity index (χ4v) is 1.35. The van der Waals surface area contributed by atoms with Crippen molar-refractivity contribution in [1.29, 1.82) is 0 Å². The lowest BCUT2D eigenvalue weighted by Gasteiger charge is -2.12. The third kappa shape index (κ3) is 6.91. The number of halogens is 3. The number of aromatic nitrogens is 1. The number of ether oxygens (including phenoxy) is 1. The molecule has 0 amide bonds. The molecule has 1 rings (SSSR count). The monoisotopic (exact) mass is 248 g/mol. The van der Waals surface area contributed by atoms with Gasteiger partial charge in [-0.2, -0.15) is 13.2 Å². The van der Waals surface area contributed by atoms with Gasteiger partial charge in [0.1, 0.15) is 6.61 Å². The van der Waals surface area contributed by atoms with E-state index in [0.29, 0.717) is 12.8 Å². The van der Waals surface area contributed by atoms with E-state index >= 15 is 0 Å². The van der Waals surface area contributed by atoms with E-state index in [0.717, 1.165) is 5.56 Å². The van der Waals surface area contributed by atoms with E-state index in [1.54, 1.807) is 12.4 Å². The van der Waals surface area contributed by atoms with Crippen LogP contribution in [0, 0.1) is 0 Å². The van der Waals surface area contributed by atoms with Crippen LogP contribution in [0.25, 0.3) is 0 Å². The molecule has 1 atom stereocenters. The first kappa shape index (κ1) is 13.9. The molecular weight excluding hydrogens is 233 g/mol. The normalized spacial score (nSPS) is 13.6. The van der Waals surface area contributed by atoms with Crippen molar-refractivity contribution in [3.8, 4) is 0 Å². The number of nitrogens with zero attached hydrogens (tertiary/aromatic N) is 1. The Labute approximate surface area is 97.8 Å². The minimum Gasteiger partial charge on any atom is -0.372 e. The first-order valence-corrected chi connectivity index (χ1v) is 5.26. The van der Waals surface area contributed by atoms with Crippen molar-refractivity contribution in [3.63, 3.8) is 0 Å². The van der Waals surface area contributed by atoms with Gasteiger partial charge in [-0.25, -0.2) is 0 Å². The second-order valence-electron chi connectivity index (χ2n) is 3.78. The molecule has 0 spiro atoms. The zero-order chi connectivity index (χ0) is 12.7. The Balaban J connectivity index is 2.16. The van der Waals surface area contributed by atoms with Crippen LogP contribution < -0.4 is 5.73 Å². The summed E-state index contributed by atoms with van der Waals surface area (Å²) in [4.78, 5) is 3.86. The van der Waals surface area contributed by atoms with Crippen molar-refractivity contribution in [1.82, 2.24) is 4.98 Å². The Morgan fingerprint density at radius 2 is 1.94 bits per heavy atom. The second kappa shape index (κ2) is 6.56. The van der Waals surface area contributed by atoms with Crippen LogP contribution >= 0.6 is 0 Å². The summed E-state index contributed by atoms with van der Waals surface area (Å²) in [6.07, 6.45) is 0.0515. The Kier molecular flexibility index (Phi) is 5.37. The molecule has 0 bridgehead atoms. The van der Waals surface area contributed by atoms with Gasteiger partial charge in [-0.15, -0.1) is 0 Å². The van der Waals surface area contributed by atoms with E-state index in [-0.39, 0.29) is 12.6 Å². The lowest BCUT2D eigenvalue weighted by Crippen LogP contribution is -2.26. The molecule has 0 saturated heterocycles. The van der Waals surface area contributed by atoms with Crippen molar-refractivity contribution in [2.24, 2.45) is 5.73 Å². The van der Waals surface area contributed by atoms with Crippen molar-refractivity contribution in [3.05, 3.63) is 30.1 Å². The molecule has 6 heteroatoms. The molecule has 1 aromatic rings. The summed E-state index contributed by atoms with van der Waals surface area (Å²) < 4.78 is 39.8. The molecule has 0 aliphatic heterocycles. The fourth-order valence-electron chi connectivity index (χ4n) is 1.35. The topological polar surface area (TPSA) is 48.1 Å². The highest BCUT2D eigenvalue weighted by Gasteiger charge is 2.27. The summed E-state index contributed by atoms with van der Waals surface area (Å²) >= 11 is 0. The summed E-state index contributed by atoms with van der Waals surface area (Å²) in [5.41, 5.74) is 6.79. The van der Waals surface area contributed by atoms with E-state index < -0.39 is 12.8 Å². The number of rotatable bonds is 6. The van der Waals surface area contributed by atoms with Crippen LogP contribution in [0.5, 0.6) is 0 Å². The molecule has 3 nitrogen and oxygen atoms in total. The van der Waals surface area contributed by atoms with E-state index in [4.69, 9.17) is 5.73 Å². The minimum absolute atomic E-state index is 0.0196. The maximum absolute atomic E-state index is 11.8. The molecule has 0 aliphatic carbocycles. The molecule has 2 N–H and O–H groups in total. The highest BCUT2D eigenvalue weighted by Crippen LogP contribution is 2.14. The molecule has 0 radical (unpaired) electrons. The van der Waals surface area contributed by atoms with Crippen LogP contribution in [0.3, 0.4) is 0 Å². The lowest BCUT2D eigenvalue weighted by atomic mass is 10.1. The van der Waals surface area contributed by atoms with Gasteiger partial charge < -0.3 is 10.5 Å². The van der Waals surface area contributed by atoms with Crippen molar-refractivity contribution in [2.75, 3.05) is 13.2 Å². The van der Waals surface area contributed by atoms with E-state index in [1.165, 1.54) is 0 Å². The molecular formula is C11H15F3N2O. The van der Waals surface area contributed by atoms with E-state index in [1.807, 2.05) is 12.1 Å². The second-order valence-corrected chi connectivity index (χ2v) is 3.78. The molecule has 96 valence electrons. The predicted molar refractivity (Wildman–Crippen MR) is 57.4 cm³/mol. The van der Waals surface area contributed by atoms with Gasteiger partial charge in [0, 0.05) is 25.0 Å². The first-order chi connectivity index (χ1) is 7.97. The summed E-state index contributed by atoms with van der Waals surface area (Å²) in [6, 6.07) is 3.46. The smallest absolute Gasteiger partial charge is 0.372 e. The number of pyridine rings is 1. The van der Waals surface area contributed by atoms with Gasteiger partial charge >= 0.3 is 6.18 Å². The maximum atomic E-state index is 11.8. The largest absolute Gasteiger partial charge is 0.411 e. The molecule has 0 saturated carbocycles. The molecule has 0 aliphatic rings. The van der Waals surface area contributed by atoms with E-state index in [2.05, 4.69) is 9.72 Å². The van der Waals surface area contributed by atoms with Gasteiger partial charge in [-0.1, -0.05) is 0 Å². The predicted octanol–water partition coefficient (Wildman–Crippen LogP) is 1.92.